The van der Waals surface area contributed by atoms with Crippen LogP contribution in [0.15, 0.2) is 30.6 Å². The molecule has 38 heavy (non-hydrogen) atoms. The molecule has 208 valence electrons. The summed E-state index contributed by atoms with van der Waals surface area (Å²) in [6.45, 7) is 13.5. The predicted molar refractivity (Wildman–Crippen MR) is 155 cm³/mol. The summed E-state index contributed by atoms with van der Waals surface area (Å²) in [5.74, 6) is 0.149. The highest BCUT2D eigenvalue weighted by Crippen LogP contribution is 2.39. The lowest BCUT2D eigenvalue weighted by atomic mass is 10.0. The van der Waals surface area contributed by atoms with Gasteiger partial charge < -0.3 is 15.0 Å². The fourth-order valence-corrected chi connectivity index (χ4v) is 5.12. The first-order valence-electron chi connectivity index (χ1n) is 14.3. The summed E-state index contributed by atoms with van der Waals surface area (Å²) >= 11 is 0. The molecule has 2 aromatic heterocycles. The molecule has 1 spiro atoms. The van der Waals surface area contributed by atoms with Crippen LogP contribution in [0, 0.1) is 12.7 Å². The summed E-state index contributed by atoms with van der Waals surface area (Å²) < 4.78 is 15.2. The Hall–Kier alpha value is -2.80. The molecule has 0 radical (unpaired) electrons. The highest BCUT2D eigenvalue weighted by atomic mass is 19.1. The Labute approximate surface area is 228 Å². The Bertz CT molecular complexity index is 1200. The van der Waals surface area contributed by atoms with E-state index in [0.29, 0.717) is 5.54 Å². The summed E-state index contributed by atoms with van der Waals surface area (Å²) in [7, 11) is 1.84. The van der Waals surface area contributed by atoms with Crippen LogP contribution >= 0.6 is 0 Å². The number of aryl methyl sites for hydroxylation is 3. The van der Waals surface area contributed by atoms with E-state index in [2.05, 4.69) is 40.2 Å². The zero-order valence-corrected chi connectivity index (χ0v) is 24.2. The fraction of sp³-hybridized carbons (Fsp3) is 0.581. The average Bonchev–Trinajstić information content (AvgIpc) is 3.51. The van der Waals surface area contributed by atoms with Crippen LogP contribution in [0.4, 0.5) is 10.1 Å². The molecule has 5 rings (SSSR count). The van der Waals surface area contributed by atoms with Crippen molar-refractivity contribution in [3.63, 3.8) is 0 Å². The molecule has 2 fully saturated rings. The second kappa shape index (κ2) is 13.8. The molecule has 0 bridgehead atoms. The molecule has 0 unspecified atom stereocenters. The minimum atomic E-state index is -0.141. The maximum absolute atomic E-state index is 13.5. The summed E-state index contributed by atoms with van der Waals surface area (Å²) in [6.07, 6.45) is 12.4. The highest BCUT2D eigenvalue weighted by Gasteiger charge is 2.45. The first-order valence-corrected chi connectivity index (χ1v) is 14.3. The molecule has 1 saturated heterocycles. The van der Waals surface area contributed by atoms with Gasteiger partial charge in [0.2, 0.25) is 0 Å². The van der Waals surface area contributed by atoms with Crippen molar-refractivity contribution in [3.8, 4) is 0 Å². The SMILES string of the molecule is CCCC(C)=O.CCCc1c(N2CCNC3(CC3)C2)ccnc1C.CCCc1cc2cn(C)nc2cc1F. The zero-order chi connectivity index (χ0) is 27.7. The molecule has 6 nitrogen and oxygen atoms in total. The van der Waals surface area contributed by atoms with Gasteiger partial charge in [0.1, 0.15) is 11.6 Å². The molecule has 7 heteroatoms. The summed E-state index contributed by atoms with van der Waals surface area (Å²) in [5, 5.41) is 8.84. The van der Waals surface area contributed by atoms with Gasteiger partial charge >= 0.3 is 0 Å². The van der Waals surface area contributed by atoms with E-state index in [4.69, 9.17) is 0 Å². The van der Waals surface area contributed by atoms with Crippen molar-refractivity contribution >= 4 is 22.4 Å². The number of rotatable bonds is 7. The van der Waals surface area contributed by atoms with Gasteiger partial charge in [0, 0.05) is 73.9 Å². The molecular weight excluding hydrogens is 477 g/mol. The van der Waals surface area contributed by atoms with Gasteiger partial charge in [-0.2, -0.15) is 5.10 Å². The largest absolute Gasteiger partial charge is 0.368 e. The first kappa shape index (κ1) is 29.8. The molecular formula is C31H46FN5O. The van der Waals surface area contributed by atoms with Gasteiger partial charge in [0.25, 0.3) is 0 Å². The molecule has 1 aromatic carbocycles. The number of benzene rings is 1. The second-order valence-corrected chi connectivity index (χ2v) is 10.8. The second-order valence-electron chi connectivity index (χ2n) is 10.8. The first-order chi connectivity index (χ1) is 18.2. The van der Waals surface area contributed by atoms with E-state index in [-0.39, 0.29) is 11.6 Å². The molecule has 3 heterocycles. The van der Waals surface area contributed by atoms with Crippen LogP contribution in [-0.4, -0.2) is 45.7 Å². The highest BCUT2D eigenvalue weighted by molar-refractivity contribution is 5.79. The van der Waals surface area contributed by atoms with Crippen molar-refractivity contribution in [1.29, 1.82) is 0 Å². The molecule has 1 saturated carbocycles. The Morgan fingerprint density at radius 1 is 1.13 bits per heavy atom. The Morgan fingerprint density at radius 3 is 2.47 bits per heavy atom. The van der Waals surface area contributed by atoms with Crippen LogP contribution in [0.3, 0.4) is 0 Å². The van der Waals surface area contributed by atoms with Crippen LogP contribution in [0.25, 0.3) is 10.9 Å². The minimum Gasteiger partial charge on any atom is -0.368 e. The number of piperazine rings is 1. The molecule has 1 aliphatic carbocycles. The molecule has 1 N–H and O–H groups in total. The fourth-order valence-electron chi connectivity index (χ4n) is 5.12. The molecule has 0 atom stereocenters. The van der Waals surface area contributed by atoms with Crippen LogP contribution < -0.4 is 10.2 Å². The van der Waals surface area contributed by atoms with Crippen molar-refractivity contribution in [1.82, 2.24) is 20.1 Å². The van der Waals surface area contributed by atoms with Crippen molar-refractivity contribution in [2.24, 2.45) is 7.05 Å². The topological polar surface area (TPSA) is 63.1 Å². The number of pyridine rings is 1. The smallest absolute Gasteiger partial charge is 0.129 e. The average molecular weight is 524 g/mol. The van der Waals surface area contributed by atoms with E-state index in [1.807, 2.05) is 39.4 Å². The zero-order valence-electron chi connectivity index (χ0n) is 24.2. The van der Waals surface area contributed by atoms with Crippen molar-refractivity contribution in [3.05, 3.63) is 53.2 Å². The lowest BCUT2D eigenvalue weighted by molar-refractivity contribution is -0.117. The number of hydrogen-bond donors (Lipinski definition) is 1. The van der Waals surface area contributed by atoms with Crippen LogP contribution in [0.1, 0.15) is 83.0 Å². The summed E-state index contributed by atoms with van der Waals surface area (Å²) in [5.41, 5.74) is 6.05. The van der Waals surface area contributed by atoms with Gasteiger partial charge in [-0.15, -0.1) is 0 Å². The van der Waals surface area contributed by atoms with Crippen molar-refractivity contribution in [2.75, 3.05) is 24.5 Å². The number of fused-ring (bicyclic) bond motifs is 1. The maximum Gasteiger partial charge on any atom is 0.129 e. The summed E-state index contributed by atoms with van der Waals surface area (Å²) in [4.78, 5) is 17.1. The number of aromatic nitrogens is 3. The number of nitrogens with zero attached hydrogens (tertiary/aromatic N) is 4. The predicted octanol–water partition coefficient (Wildman–Crippen LogP) is 6.33. The van der Waals surface area contributed by atoms with Crippen molar-refractivity contribution < 1.29 is 9.18 Å². The molecule has 2 aliphatic rings. The summed E-state index contributed by atoms with van der Waals surface area (Å²) in [6, 6.07) is 5.61. The van der Waals surface area contributed by atoms with Gasteiger partial charge in [-0.3, -0.25) is 9.67 Å². The van der Waals surface area contributed by atoms with E-state index in [1.165, 1.54) is 48.8 Å². The van der Waals surface area contributed by atoms with Gasteiger partial charge in [-0.25, -0.2) is 4.39 Å². The number of hydrogen-bond acceptors (Lipinski definition) is 5. The lowest BCUT2D eigenvalue weighted by Gasteiger charge is -2.37. The third-order valence-corrected chi connectivity index (χ3v) is 7.22. The monoisotopic (exact) mass is 523 g/mol. The van der Waals surface area contributed by atoms with E-state index in [0.717, 1.165) is 61.7 Å². The van der Waals surface area contributed by atoms with Gasteiger partial charge in [0.05, 0.1) is 5.52 Å². The van der Waals surface area contributed by atoms with Gasteiger partial charge in [-0.05, 0) is 69.2 Å². The number of halogens is 1. The Morgan fingerprint density at radius 2 is 1.87 bits per heavy atom. The lowest BCUT2D eigenvalue weighted by Crippen LogP contribution is -2.52. The quantitative estimate of drug-likeness (QED) is 0.392. The van der Waals surface area contributed by atoms with E-state index >= 15 is 0 Å². The number of ketones is 1. The number of nitrogens with one attached hydrogen (secondary N) is 1. The number of carbonyl (C=O) groups excluding carboxylic acids is 1. The third-order valence-electron chi connectivity index (χ3n) is 7.22. The number of Topliss-reactive ketones (excluding diaryl/α,β-unsaturated/α-hetero) is 1. The molecule has 3 aromatic rings. The Balaban J connectivity index is 0.000000178. The molecule has 1 aliphatic heterocycles. The third kappa shape index (κ3) is 8.10. The number of carbonyl (C=O) groups is 1. The van der Waals surface area contributed by atoms with Crippen LogP contribution in [0.5, 0.6) is 0 Å². The standard InChI is InChI=1S/C15H23N3.C11H13FN2.C5H10O/c1-3-4-13-12(2)16-8-5-14(13)18-10-9-17-15(11-18)6-7-15;1-3-4-8-5-9-7-14(2)13-11(9)6-10(8)12;1-3-4-5(2)6/h5,8,17H,3-4,6-7,9-11H2,1-2H3;5-7H,3-4H2,1-2H3;3-4H2,1-2H3. The Kier molecular flexibility index (Phi) is 10.8. The maximum atomic E-state index is 13.5. The van der Waals surface area contributed by atoms with Crippen LogP contribution in [-0.2, 0) is 24.7 Å². The normalized spacial score (nSPS) is 15.5. The van der Waals surface area contributed by atoms with Gasteiger partial charge in [-0.1, -0.05) is 33.6 Å². The van der Waals surface area contributed by atoms with Crippen LogP contribution in [0.2, 0.25) is 0 Å². The van der Waals surface area contributed by atoms with E-state index < -0.39 is 0 Å². The van der Waals surface area contributed by atoms with E-state index in [1.54, 1.807) is 11.6 Å². The van der Waals surface area contributed by atoms with Crippen molar-refractivity contribution in [2.45, 2.75) is 91.5 Å². The number of anilines is 1. The van der Waals surface area contributed by atoms with E-state index in [9.17, 15) is 9.18 Å². The van der Waals surface area contributed by atoms with Gasteiger partial charge in [0.15, 0.2) is 0 Å². The minimum absolute atomic E-state index is 0.141. The molecule has 0 amide bonds.